The van der Waals surface area contributed by atoms with Crippen molar-refractivity contribution in [3.8, 4) is 5.75 Å². The lowest BCUT2D eigenvalue weighted by atomic mass is 9.96. The van der Waals surface area contributed by atoms with E-state index < -0.39 is 41.1 Å². The molecule has 1 atom stereocenters. The Balaban J connectivity index is 2.20. The lowest BCUT2D eigenvalue weighted by Gasteiger charge is -2.14. The van der Waals surface area contributed by atoms with Gasteiger partial charge in [-0.25, -0.2) is 8.78 Å². The Hall–Kier alpha value is -3.17. The molecule has 0 fully saturated rings. The highest BCUT2D eigenvalue weighted by molar-refractivity contribution is 6.42. The number of amides is 1. The van der Waals surface area contributed by atoms with Crippen LogP contribution in [0.2, 0.25) is 10.0 Å². The van der Waals surface area contributed by atoms with E-state index in [1.54, 1.807) is 0 Å². The number of hydrogen-bond donors (Lipinski definition) is 3. The van der Waals surface area contributed by atoms with Crippen LogP contribution in [0.15, 0.2) is 24.3 Å². The molecule has 0 unspecified atom stereocenters. The maximum Gasteiger partial charge on any atom is 0.305 e. The van der Waals surface area contributed by atoms with Crippen molar-refractivity contribution in [1.82, 2.24) is 9.88 Å². The molecule has 0 spiro atoms. The quantitative estimate of drug-likeness (QED) is 0.459. The Kier molecular flexibility index (Phi) is 6.94. The number of carboxylic acids is 1. The minimum absolute atomic E-state index is 0.0408. The highest BCUT2D eigenvalue weighted by atomic mass is 35.5. The third-order valence-electron chi connectivity index (χ3n) is 5.24. The van der Waals surface area contributed by atoms with Gasteiger partial charge < -0.3 is 15.5 Å². The molecule has 33 heavy (non-hydrogen) atoms. The molecule has 1 heterocycles. The molecule has 3 N–H and O–H groups in total. The Labute approximate surface area is 196 Å². The second-order valence-electron chi connectivity index (χ2n) is 7.34. The minimum Gasteiger partial charge on any atom is -0.503 e. The summed E-state index contributed by atoms with van der Waals surface area (Å²) in [6.45, 7) is 2.70. The first kappa shape index (κ1) is 24.5. The predicted octanol–water partition coefficient (Wildman–Crippen LogP) is 4.62. The first-order chi connectivity index (χ1) is 15.5. The maximum atomic E-state index is 15.0. The summed E-state index contributed by atoms with van der Waals surface area (Å²) < 4.78 is 30.3. The highest BCUT2D eigenvalue weighted by Gasteiger charge is 2.30. The Morgan fingerprint density at radius 1 is 1.15 bits per heavy atom. The van der Waals surface area contributed by atoms with E-state index in [-0.39, 0.29) is 50.7 Å². The van der Waals surface area contributed by atoms with Crippen LogP contribution >= 0.6 is 23.2 Å². The van der Waals surface area contributed by atoms with E-state index in [9.17, 15) is 23.9 Å². The van der Waals surface area contributed by atoms with Crippen molar-refractivity contribution in [2.75, 3.05) is 6.54 Å². The van der Waals surface area contributed by atoms with Gasteiger partial charge in [-0.15, -0.1) is 0 Å². The number of carbonyl (C=O) groups is 3. The summed E-state index contributed by atoms with van der Waals surface area (Å²) in [6, 6.07) is 4.88. The van der Waals surface area contributed by atoms with Crippen LogP contribution in [0.4, 0.5) is 8.78 Å². The Morgan fingerprint density at radius 2 is 1.82 bits per heavy atom. The van der Waals surface area contributed by atoms with Crippen molar-refractivity contribution >= 4 is 51.9 Å². The second kappa shape index (κ2) is 9.36. The minimum atomic E-state index is -1.33. The van der Waals surface area contributed by atoms with E-state index in [1.807, 2.05) is 0 Å². The third-order valence-corrected chi connectivity index (χ3v) is 5.98. The second-order valence-corrected chi connectivity index (χ2v) is 8.15. The van der Waals surface area contributed by atoms with Gasteiger partial charge in [0.25, 0.3) is 5.91 Å². The zero-order chi connectivity index (χ0) is 24.6. The lowest BCUT2D eigenvalue weighted by molar-refractivity contribution is -0.136. The summed E-state index contributed by atoms with van der Waals surface area (Å²) >= 11 is 11.9. The fourth-order valence-corrected chi connectivity index (χ4v) is 3.94. The number of nitrogens with one attached hydrogen (secondary N) is 1. The molecule has 1 amide bonds. The van der Waals surface area contributed by atoms with Gasteiger partial charge in [-0.05, 0) is 37.6 Å². The predicted molar refractivity (Wildman–Crippen MR) is 118 cm³/mol. The summed E-state index contributed by atoms with van der Waals surface area (Å²) in [5, 5.41) is 21.0. The van der Waals surface area contributed by atoms with Crippen LogP contribution in [0.1, 0.15) is 40.9 Å². The molecule has 0 bridgehead atoms. The van der Waals surface area contributed by atoms with E-state index in [0.717, 1.165) is 10.6 Å². The number of aromatic hydroxyl groups is 1. The van der Waals surface area contributed by atoms with Crippen molar-refractivity contribution < 1.29 is 33.4 Å². The average Bonchev–Trinajstić information content (AvgIpc) is 3.04. The van der Waals surface area contributed by atoms with Crippen LogP contribution in [0, 0.1) is 18.6 Å². The number of aromatic nitrogens is 1. The molecule has 7 nitrogen and oxygen atoms in total. The molecular weight excluding hydrogens is 481 g/mol. The van der Waals surface area contributed by atoms with Crippen LogP contribution in [0.25, 0.3) is 10.9 Å². The number of rotatable bonds is 6. The van der Waals surface area contributed by atoms with Gasteiger partial charge in [0.05, 0.1) is 27.9 Å². The maximum absolute atomic E-state index is 15.0. The Bertz CT molecular complexity index is 1310. The standard InChI is InChI=1S/C22H18Cl2F2N2O5/c1-9(21(32)27-6-5-16(29)30)17-10(2)28(15-8-14(25)20(31)19(26)18(15)17)22(33)11-3-4-12(23)13(24)7-11/h3-4,7-9,31H,5-6H2,1-2H3,(H,27,32)(H,29,30)/t9-/m0/s1. The van der Waals surface area contributed by atoms with Gasteiger partial charge in [0, 0.05) is 29.3 Å². The fourth-order valence-electron chi connectivity index (χ4n) is 3.64. The summed E-state index contributed by atoms with van der Waals surface area (Å²) in [5.74, 6) is -7.37. The topological polar surface area (TPSA) is 109 Å². The van der Waals surface area contributed by atoms with Gasteiger partial charge in [0.1, 0.15) is 0 Å². The lowest BCUT2D eigenvalue weighted by Crippen LogP contribution is -2.30. The van der Waals surface area contributed by atoms with Crippen molar-refractivity contribution in [2.24, 2.45) is 0 Å². The fraction of sp³-hybridized carbons (Fsp3) is 0.227. The zero-order valence-corrected chi connectivity index (χ0v) is 18.9. The first-order valence-electron chi connectivity index (χ1n) is 9.66. The zero-order valence-electron chi connectivity index (χ0n) is 17.4. The molecule has 0 radical (unpaired) electrons. The molecule has 0 aliphatic carbocycles. The van der Waals surface area contributed by atoms with Crippen LogP contribution in [0.5, 0.6) is 5.75 Å². The molecule has 1 aromatic heterocycles. The highest BCUT2D eigenvalue weighted by Crippen LogP contribution is 2.38. The molecule has 0 aliphatic rings. The number of fused-ring (bicyclic) bond motifs is 1. The summed E-state index contributed by atoms with van der Waals surface area (Å²) in [6.07, 6.45) is -0.324. The van der Waals surface area contributed by atoms with Crippen molar-refractivity contribution in [1.29, 1.82) is 0 Å². The van der Waals surface area contributed by atoms with E-state index >= 15 is 4.39 Å². The van der Waals surface area contributed by atoms with E-state index in [2.05, 4.69) is 5.32 Å². The summed E-state index contributed by atoms with van der Waals surface area (Å²) in [7, 11) is 0. The molecule has 0 aliphatic heterocycles. The van der Waals surface area contributed by atoms with Crippen LogP contribution in [-0.4, -0.2) is 39.1 Å². The van der Waals surface area contributed by atoms with Crippen LogP contribution in [-0.2, 0) is 9.59 Å². The van der Waals surface area contributed by atoms with Gasteiger partial charge in [-0.3, -0.25) is 19.0 Å². The largest absolute Gasteiger partial charge is 0.503 e. The van der Waals surface area contributed by atoms with Gasteiger partial charge in [-0.2, -0.15) is 0 Å². The van der Waals surface area contributed by atoms with Crippen LogP contribution < -0.4 is 5.32 Å². The van der Waals surface area contributed by atoms with E-state index in [0.29, 0.717) is 0 Å². The molecule has 11 heteroatoms. The number of nitrogens with zero attached hydrogens (tertiary/aromatic N) is 1. The van der Waals surface area contributed by atoms with Gasteiger partial charge in [-0.1, -0.05) is 23.2 Å². The Morgan fingerprint density at radius 3 is 2.42 bits per heavy atom. The number of phenols is 1. The monoisotopic (exact) mass is 498 g/mol. The van der Waals surface area contributed by atoms with Gasteiger partial charge in [0.2, 0.25) is 5.91 Å². The third kappa shape index (κ3) is 4.51. The number of hydrogen-bond acceptors (Lipinski definition) is 4. The smallest absolute Gasteiger partial charge is 0.305 e. The molecular formula is C22H18Cl2F2N2O5. The van der Waals surface area contributed by atoms with Crippen molar-refractivity contribution in [2.45, 2.75) is 26.2 Å². The number of carbonyl (C=O) groups excluding carboxylic acids is 2. The molecule has 174 valence electrons. The van der Waals surface area contributed by atoms with E-state index in [1.165, 1.54) is 32.0 Å². The van der Waals surface area contributed by atoms with Crippen molar-refractivity contribution in [3.63, 3.8) is 0 Å². The van der Waals surface area contributed by atoms with Crippen molar-refractivity contribution in [3.05, 3.63) is 62.8 Å². The van der Waals surface area contributed by atoms with Gasteiger partial charge >= 0.3 is 5.97 Å². The summed E-state index contributed by atoms with van der Waals surface area (Å²) in [4.78, 5) is 36.6. The SMILES string of the molecule is Cc1c([C@H](C)C(=O)NCCC(=O)O)c2c(F)c(O)c(F)cc2n1C(=O)c1ccc(Cl)c(Cl)c1. The molecule has 2 aromatic carbocycles. The summed E-state index contributed by atoms with van der Waals surface area (Å²) in [5.41, 5.74) is 0.0462. The number of benzene rings is 2. The van der Waals surface area contributed by atoms with Crippen LogP contribution in [0.3, 0.4) is 0 Å². The average molecular weight is 499 g/mol. The normalized spacial score (nSPS) is 12.1. The number of halogens is 4. The number of aliphatic carboxylic acids is 1. The molecule has 0 saturated carbocycles. The number of carboxylic acid groups (broad SMARTS) is 1. The molecule has 3 rings (SSSR count). The van der Waals surface area contributed by atoms with E-state index in [4.69, 9.17) is 28.3 Å². The molecule has 3 aromatic rings. The number of phenolic OH excluding ortho intramolecular Hbond substituents is 1. The van der Waals surface area contributed by atoms with Gasteiger partial charge in [0.15, 0.2) is 17.4 Å². The molecule has 0 saturated heterocycles. The first-order valence-corrected chi connectivity index (χ1v) is 10.4.